The minimum atomic E-state index is -0.209. The van der Waals surface area contributed by atoms with Gasteiger partial charge in [0, 0.05) is 32.0 Å². The van der Waals surface area contributed by atoms with Gasteiger partial charge in [0.05, 0.1) is 12.5 Å². The number of methoxy groups -OCH3 is 1. The summed E-state index contributed by atoms with van der Waals surface area (Å²) < 4.78 is 5.22. The number of nitrogens with one attached hydrogen (secondary N) is 1. The van der Waals surface area contributed by atoms with Crippen LogP contribution in [0.3, 0.4) is 0 Å². The molecule has 5 rings (SSSR count). The van der Waals surface area contributed by atoms with Crippen molar-refractivity contribution < 1.29 is 9.53 Å². The summed E-state index contributed by atoms with van der Waals surface area (Å²) in [5.74, 6) is 1.24. The molecule has 1 amide bonds. The summed E-state index contributed by atoms with van der Waals surface area (Å²) in [5.41, 5.74) is 11.4. The van der Waals surface area contributed by atoms with Gasteiger partial charge in [-0.3, -0.25) is 4.79 Å². The van der Waals surface area contributed by atoms with Crippen LogP contribution in [0.4, 0.5) is 0 Å². The Labute approximate surface area is 166 Å². The number of nitrogens with two attached hydrogens (primary N) is 1. The molecule has 0 fully saturated rings. The molecular formula is C22H27ClN2O2. The van der Waals surface area contributed by atoms with Gasteiger partial charge in [-0.2, -0.15) is 0 Å². The third-order valence-electron chi connectivity index (χ3n) is 5.99. The molecule has 2 bridgehead atoms. The van der Waals surface area contributed by atoms with Crippen LogP contribution < -0.4 is 11.1 Å². The molecule has 0 aliphatic heterocycles. The molecule has 0 heterocycles. The van der Waals surface area contributed by atoms with Gasteiger partial charge in [-0.25, -0.2) is 0 Å². The Morgan fingerprint density at radius 1 is 1.11 bits per heavy atom. The van der Waals surface area contributed by atoms with E-state index in [4.69, 9.17) is 10.5 Å². The zero-order chi connectivity index (χ0) is 18.1. The Kier molecular flexibility index (Phi) is 6.20. The van der Waals surface area contributed by atoms with Gasteiger partial charge >= 0.3 is 0 Å². The second-order valence-corrected chi connectivity index (χ2v) is 7.39. The Morgan fingerprint density at radius 2 is 1.67 bits per heavy atom. The van der Waals surface area contributed by atoms with E-state index >= 15 is 0 Å². The minimum absolute atomic E-state index is 0. The van der Waals surface area contributed by atoms with Crippen molar-refractivity contribution in [1.82, 2.24) is 5.32 Å². The highest BCUT2D eigenvalue weighted by Crippen LogP contribution is 2.55. The van der Waals surface area contributed by atoms with E-state index in [-0.39, 0.29) is 24.4 Å². The second-order valence-electron chi connectivity index (χ2n) is 7.39. The summed E-state index contributed by atoms with van der Waals surface area (Å²) in [6.07, 6.45) is 1.20. The van der Waals surface area contributed by atoms with Gasteiger partial charge < -0.3 is 15.8 Å². The fourth-order valence-corrected chi connectivity index (χ4v) is 4.75. The van der Waals surface area contributed by atoms with Crippen LogP contribution in [0.25, 0.3) is 0 Å². The summed E-state index contributed by atoms with van der Waals surface area (Å²) in [7, 11) is 1.60. The maximum atomic E-state index is 12.3. The summed E-state index contributed by atoms with van der Waals surface area (Å²) >= 11 is 0. The number of benzene rings is 2. The first-order chi connectivity index (χ1) is 12.7. The first-order valence-corrected chi connectivity index (χ1v) is 9.40. The normalized spacial score (nSPS) is 23.0. The first kappa shape index (κ1) is 19.9. The molecule has 27 heavy (non-hydrogen) atoms. The Bertz CT molecular complexity index is 759. The molecule has 0 spiro atoms. The Balaban J connectivity index is 0.00000210. The second kappa shape index (κ2) is 8.42. The molecule has 2 atom stereocenters. The number of hydrogen-bond donors (Lipinski definition) is 2. The van der Waals surface area contributed by atoms with Gasteiger partial charge in [0.25, 0.3) is 0 Å². The van der Waals surface area contributed by atoms with Crippen LogP contribution in [-0.4, -0.2) is 32.2 Å². The highest BCUT2D eigenvalue weighted by molar-refractivity contribution is 5.85. The summed E-state index contributed by atoms with van der Waals surface area (Å²) in [5, 5.41) is 3.12. The third kappa shape index (κ3) is 3.62. The van der Waals surface area contributed by atoms with Crippen molar-refractivity contribution in [3.05, 3.63) is 70.8 Å². The van der Waals surface area contributed by atoms with E-state index in [2.05, 4.69) is 53.8 Å². The average molecular weight is 387 g/mol. The average Bonchev–Trinajstić information content (AvgIpc) is 2.70. The molecule has 2 aromatic carbocycles. The molecule has 4 nitrogen and oxygen atoms in total. The topological polar surface area (TPSA) is 64.3 Å². The number of halogens is 1. The van der Waals surface area contributed by atoms with E-state index in [1.165, 1.54) is 22.3 Å². The SMILES string of the molecule is COC(CN)CC(=O)NCC1CC2c3ccccc3C1c1ccccc12.Cl. The zero-order valence-corrected chi connectivity index (χ0v) is 16.4. The Morgan fingerprint density at radius 3 is 2.19 bits per heavy atom. The van der Waals surface area contributed by atoms with Crippen LogP contribution in [-0.2, 0) is 9.53 Å². The first-order valence-electron chi connectivity index (χ1n) is 9.40. The number of carbonyl (C=O) groups excluding carboxylic acids is 1. The Hall–Kier alpha value is -1.88. The lowest BCUT2D eigenvalue weighted by molar-refractivity contribution is -0.123. The van der Waals surface area contributed by atoms with E-state index in [1.807, 2.05) is 0 Å². The smallest absolute Gasteiger partial charge is 0.222 e. The third-order valence-corrected chi connectivity index (χ3v) is 5.99. The lowest BCUT2D eigenvalue weighted by Crippen LogP contribution is -2.40. The van der Waals surface area contributed by atoms with Gasteiger partial charge in [-0.15, -0.1) is 12.4 Å². The molecule has 144 valence electrons. The van der Waals surface area contributed by atoms with Crippen molar-refractivity contribution in [2.75, 3.05) is 20.2 Å². The van der Waals surface area contributed by atoms with Crippen molar-refractivity contribution in [2.24, 2.45) is 11.7 Å². The largest absolute Gasteiger partial charge is 0.380 e. The zero-order valence-electron chi connectivity index (χ0n) is 15.6. The number of carbonyl (C=O) groups is 1. The number of rotatable bonds is 6. The minimum Gasteiger partial charge on any atom is -0.380 e. The monoisotopic (exact) mass is 386 g/mol. The molecule has 3 N–H and O–H groups in total. The fraction of sp³-hybridized carbons (Fsp3) is 0.409. The van der Waals surface area contributed by atoms with Gasteiger partial charge in [0.15, 0.2) is 0 Å². The number of amides is 1. The number of fused-ring (bicyclic) bond motifs is 1. The van der Waals surface area contributed by atoms with Crippen LogP contribution in [0.1, 0.15) is 46.9 Å². The van der Waals surface area contributed by atoms with Gasteiger partial charge in [0.1, 0.15) is 0 Å². The maximum absolute atomic E-state index is 12.3. The molecule has 2 aromatic rings. The highest BCUT2D eigenvalue weighted by Gasteiger charge is 2.42. The quantitative estimate of drug-likeness (QED) is 0.801. The van der Waals surface area contributed by atoms with Crippen LogP contribution >= 0.6 is 12.4 Å². The molecule has 5 heteroatoms. The lowest BCUT2D eigenvalue weighted by atomic mass is 9.59. The highest BCUT2D eigenvalue weighted by atomic mass is 35.5. The standard InChI is InChI=1S/C22H26N2O2.ClH/c1-26-15(12-23)11-21(25)24-13-14-10-20-16-6-2-4-8-18(16)22(14)19-9-5-3-7-17(19)20;/h2-9,14-15,20,22H,10-13,23H2,1H3,(H,24,25);1H. The van der Waals surface area contributed by atoms with E-state index in [0.717, 1.165) is 6.42 Å². The molecule has 0 radical (unpaired) electrons. The van der Waals surface area contributed by atoms with Crippen molar-refractivity contribution in [3.63, 3.8) is 0 Å². The van der Waals surface area contributed by atoms with Gasteiger partial charge in [-0.1, -0.05) is 48.5 Å². The molecule has 0 aromatic heterocycles. The van der Waals surface area contributed by atoms with Gasteiger partial charge in [-0.05, 0) is 34.6 Å². The molecular weight excluding hydrogens is 360 g/mol. The van der Waals surface area contributed by atoms with E-state index in [9.17, 15) is 4.79 Å². The van der Waals surface area contributed by atoms with Gasteiger partial charge in [0.2, 0.25) is 5.91 Å². The van der Waals surface area contributed by atoms with E-state index in [0.29, 0.717) is 37.3 Å². The van der Waals surface area contributed by atoms with Crippen LogP contribution in [0.5, 0.6) is 0 Å². The predicted molar refractivity (Wildman–Crippen MR) is 109 cm³/mol. The molecule has 0 saturated heterocycles. The summed E-state index contributed by atoms with van der Waals surface area (Å²) in [4.78, 5) is 12.3. The maximum Gasteiger partial charge on any atom is 0.222 e. The van der Waals surface area contributed by atoms with Crippen LogP contribution in [0.15, 0.2) is 48.5 Å². The fourth-order valence-electron chi connectivity index (χ4n) is 4.75. The summed E-state index contributed by atoms with van der Waals surface area (Å²) in [6.45, 7) is 1.06. The van der Waals surface area contributed by atoms with Crippen molar-refractivity contribution in [2.45, 2.75) is 30.8 Å². The molecule has 3 aliphatic rings. The van der Waals surface area contributed by atoms with Crippen molar-refractivity contribution in [1.29, 1.82) is 0 Å². The molecule has 2 unspecified atom stereocenters. The van der Waals surface area contributed by atoms with Crippen LogP contribution in [0, 0.1) is 5.92 Å². The number of ether oxygens (including phenoxy) is 1. The van der Waals surface area contributed by atoms with Crippen molar-refractivity contribution in [3.8, 4) is 0 Å². The molecule has 3 aliphatic carbocycles. The van der Waals surface area contributed by atoms with Crippen LogP contribution in [0.2, 0.25) is 0 Å². The lowest BCUT2D eigenvalue weighted by Gasteiger charge is -2.45. The predicted octanol–water partition coefficient (Wildman–Crippen LogP) is 3.19. The van der Waals surface area contributed by atoms with Crippen molar-refractivity contribution >= 4 is 18.3 Å². The number of hydrogen-bond acceptors (Lipinski definition) is 3. The van der Waals surface area contributed by atoms with E-state index in [1.54, 1.807) is 7.11 Å². The van der Waals surface area contributed by atoms with E-state index < -0.39 is 0 Å². The molecule has 0 saturated carbocycles. The summed E-state index contributed by atoms with van der Waals surface area (Å²) in [6, 6.07) is 17.6.